The first-order chi connectivity index (χ1) is 12.0. The molecule has 3 aliphatic rings. The van der Waals surface area contributed by atoms with E-state index < -0.39 is 22.0 Å². The van der Waals surface area contributed by atoms with E-state index in [1.165, 1.54) is 0 Å². The van der Waals surface area contributed by atoms with Gasteiger partial charge in [0.1, 0.15) is 11.0 Å². The van der Waals surface area contributed by atoms with E-state index in [4.69, 9.17) is 11.6 Å². The second-order valence-corrected chi connectivity index (χ2v) is 9.59. The van der Waals surface area contributed by atoms with Gasteiger partial charge < -0.3 is 15.0 Å². The van der Waals surface area contributed by atoms with Crippen molar-refractivity contribution >= 4 is 28.6 Å². The first kappa shape index (κ1) is 19.4. The van der Waals surface area contributed by atoms with Crippen molar-refractivity contribution in [3.63, 3.8) is 0 Å². The molecule has 1 aliphatic heterocycles. The van der Waals surface area contributed by atoms with Gasteiger partial charge in [-0.15, -0.1) is 11.6 Å². The molecule has 2 N–H and O–H groups in total. The van der Waals surface area contributed by atoms with Crippen molar-refractivity contribution in [1.29, 1.82) is 0 Å². The smallest absolute Gasteiger partial charge is 0.222 e. The van der Waals surface area contributed by atoms with Gasteiger partial charge in [-0.2, -0.15) is 0 Å². The van der Waals surface area contributed by atoms with Crippen molar-refractivity contribution in [1.82, 2.24) is 5.32 Å². The summed E-state index contributed by atoms with van der Waals surface area (Å²) in [5.74, 6) is 0.0461. The summed E-state index contributed by atoms with van der Waals surface area (Å²) < 4.78 is 12.3. The normalized spacial score (nSPS) is 39.6. The lowest BCUT2D eigenvalue weighted by Crippen LogP contribution is -2.66. The third-order valence-corrected chi connectivity index (χ3v) is 8.61. The van der Waals surface area contributed by atoms with Crippen LogP contribution in [-0.2, 0) is 16.0 Å². The maximum absolute atomic E-state index is 13.5. The zero-order chi connectivity index (χ0) is 18.2. The van der Waals surface area contributed by atoms with Gasteiger partial charge in [-0.3, -0.25) is 4.79 Å². The average Bonchev–Trinajstić information content (AvgIpc) is 2.86. The maximum Gasteiger partial charge on any atom is 0.222 e. The summed E-state index contributed by atoms with van der Waals surface area (Å²) in [7, 11) is 1.88. The number of hydrogen-bond acceptors (Lipinski definition) is 4. The minimum atomic E-state index is -1.51. The van der Waals surface area contributed by atoms with Crippen LogP contribution in [0.25, 0.3) is 0 Å². The molecule has 1 saturated carbocycles. The summed E-state index contributed by atoms with van der Waals surface area (Å²) in [6, 6.07) is 0.0412. The van der Waals surface area contributed by atoms with Crippen LogP contribution in [0.3, 0.4) is 0 Å². The molecule has 0 spiro atoms. The van der Waals surface area contributed by atoms with Gasteiger partial charge in [-0.25, -0.2) is 0 Å². The molecule has 0 saturated heterocycles. The van der Waals surface area contributed by atoms with E-state index >= 15 is 0 Å². The van der Waals surface area contributed by atoms with E-state index in [1.807, 2.05) is 20.0 Å². The number of fused-ring (bicyclic) bond motifs is 1. The topological polar surface area (TPSA) is 72.4 Å². The lowest BCUT2D eigenvalue weighted by atomic mass is 9.65. The molecule has 140 valence electrons. The highest BCUT2D eigenvalue weighted by Crippen LogP contribution is 2.55. The number of carbonyl (C=O) groups is 1. The minimum absolute atomic E-state index is 0.0412. The largest absolute Gasteiger partial charge is 0.611 e. The van der Waals surface area contributed by atoms with Gasteiger partial charge >= 0.3 is 0 Å². The Labute approximate surface area is 158 Å². The van der Waals surface area contributed by atoms with Gasteiger partial charge in [0.25, 0.3) is 0 Å². The SMILES string of the molecule is CNC1CCC(=O)[C@@]2([C@@H](O)[C@@H]3C=CCCC3)[C@@H]1C(CCCl)=C(C)[S+]2[O-]. The number of ketones is 1. The Hall–Kier alpha value is -0.330. The summed E-state index contributed by atoms with van der Waals surface area (Å²) in [4.78, 5) is 13.9. The highest BCUT2D eigenvalue weighted by Gasteiger charge is 2.70. The highest BCUT2D eigenvalue weighted by molar-refractivity contribution is 7.97. The Morgan fingerprint density at radius 2 is 2.28 bits per heavy atom. The number of hydrogen-bond donors (Lipinski definition) is 2. The van der Waals surface area contributed by atoms with Crippen LogP contribution in [0.1, 0.15) is 45.4 Å². The minimum Gasteiger partial charge on any atom is -0.611 e. The maximum atomic E-state index is 13.5. The molecule has 1 fully saturated rings. The Balaban J connectivity index is 2.09. The molecule has 3 rings (SSSR count). The third kappa shape index (κ3) is 2.92. The lowest BCUT2D eigenvalue weighted by Gasteiger charge is -2.46. The van der Waals surface area contributed by atoms with E-state index in [1.54, 1.807) is 0 Å². The fourth-order valence-electron chi connectivity index (χ4n) is 5.06. The summed E-state index contributed by atoms with van der Waals surface area (Å²) in [5.41, 5.74) is 1.01. The highest BCUT2D eigenvalue weighted by atomic mass is 35.5. The zero-order valence-corrected chi connectivity index (χ0v) is 16.5. The Kier molecular flexibility index (Phi) is 6.01. The fraction of sp³-hybridized carbons (Fsp3) is 0.737. The first-order valence-corrected chi connectivity index (χ1v) is 10.9. The van der Waals surface area contributed by atoms with Gasteiger partial charge in [-0.05, 0) is 55.9 Å². The van der Waals surface area contributed by atoms with Crippen molar-refractivity contribution in [2.24, 2.45) is 11.8 Å². The van der Waals surface area contributed by atoms with Crippen molar-refractivity contribution < 1.29 is 14.5 Å². The number of halogens is 1. The van der Waals surface area contributed by atoms with Crippen LogP contribution in [0.4, 0.5) is 0 Å². The average molecular weight is 386 g/mol. The van der Waals surface area contributed by atoms with Gasteiger partial charge in [0.15, 0.2) is 5.78 Å². The summed E-state index contributed by atoms with van der Waals surface area (Å²) in [5, 5.41) is 14.7. The monoisotopic (exact) mass is 385 g/mol. The molecular formula is C19H28ClNO3S. The molecule has 0 aromatic heterocycles. The standard InChI is InChI=1S/C19H28ClNO3S/c1-12-14(10-11-20)17-15(21-2)8-9-16(22)19(17,25(12)24)18(23)13-6-4-3-5-7-13/h4,6,13,15,17-18,21,23H,3,5,7-11H2,1-2H3/t13-,15?,17-,18+,19+,25?/m1/s1. The second kappa shape index (κ2) is 7.73. The number of aliphatic hydroxyl groups is 1. The summed E-state index contributed by atoms with van der Waals surface area (Å²) >= 11 is 4.50. The van der Waals surface area contributed by atoms with E-state index in [-0.39, 0.29) is 23.7 Å². The molecule has 0 bridgehead atoms. The molecule has 6 heteroatoms. The molecule has 2 aliphatic carbocycles. The lowest BCUT2D eigenvalue weighted by molar-refractivity contribution is -0.130. The fourth-order valence-corrected chi connectivity index (χ4v) is 7.47. The van der Waals surface area contributed by atoms with Gasteiger partial charge in [0.05, 0.1) is 5.92 Å². The number of rotatable bonds is 5. The number of nitrogens with one attached hydrogen (secondary N) is 1. The van der Waals surface area contributed by atoms with Crippen LogP contribution in [0.15, 0.2) is 22.6 Å². The quantitative estimate of drug-likeness (QED) is 0.433. The van der Waals surface area contributed by atoms with E-state index in [9.17, 15) is 14.5 Å². The number of allylic oxidation sites excluding steroid dienone is 2. The Bertz CT molecular complexity index is 593. The number of Topliss-reactive ketones (excluding diaryl/α,β-unsaturated/α-hetero) is 1. The molecule has 0 aromatic carbocycles. The predicted octanol–water partition coefficient (Wildman–Crippen LogP) is 2.67. The Morgan fingerprint density at radius 1 is 1.52 bits per heavy atom. The van der Waals surface area contributed by atoms with Crippen molar-refractivity contribution in [2.45, 2.75) is 62.3 Å². The number of carbonyl (C=O) groups excluding carboxylic acids is 1. The van der Waals surface area contributed by atoms with E-state index in [2.05, 4.69) is 11.4 Å². The molecule has 0 radical (unpaired) electrons. The zero-order valence-electron chi connectivity index (χ0n) is 15.0. The molecule has 4 nitrogen and oxygen atoms in total. The predicted molar refractivity (Wildman–Crippen MR) is 102 cm³/mol. The molecule has 6 atom stereocenters. The molecule has 25 heavy (non-hydrogen) atoms. The van der Waals surface area contributed by atoms with Gasteiger partial charge in [-0.1, -0.05) is 12.2 Å². The van der Waals surface area contributed by atoms with E-state index in [0.717, 1.165) is 29.7 Å². The first-order valence-electron chi connectivity index (χ1n) is 9.22. The van der Waals surface area contributed by atoms with Crippen LogP contribution in [0, 0.1) is 11.8 Å². The molecular weight excluding hydrogens is 358 g/mol. The summed E-state index contributed by atoms with van der Waals surface area (Å²) in [6.07, 6.45) is 7.71. The number of aliphatic hydroxyl groups excluding tert-OH is 1. The van der Waals surface area contributed by atoms with Crippen LogP contribution < -0.4 is 5.32 Å². The second-order valence-electron chi connectivity index (χ2n) is 7.38. The Morgan fingerprint density at radius 3 is 2.88 bits per heavy atom. The van der Waals surface area contributed by atoms with Gasteiger partial charge in [0.2, 0.25) is 4.75 Å². The third-order valence-electron chi connectivity index (χ3n) is 6.27. The summed E-state index contributed by atoms with van der Waals surface area (Å²) in [6.45, 7) is 1.85. The van der Waals surface area contributed by atoms with Crippen LogP contribution in [-0.4, -0.2) is 45.3 Å². The van der Waals surface area contributed by atoms with Gasteiger partial charge in [0, 0.05) is 31.2 Å². The molecule has 0 aromatic rings. The molecule has 0 amide bonds. The van der Waals surface area contributed by atoms with Crippen molar-refractivity contribution in [2.75, 3.05) is 12.9 Å². The van der Waals surface area contributed by atoms with Crippen molar-refractivity contribution in [3.05, 3.63) is 22.6 Å². The van der Waals surface area contributed by atoms with Crippen LogP contribution in [0.5, 0.6) is 0 Å². The van der Waals surface area contributed by atoms with Crippen LogP contribution in [0.2, 0.25) is 0 Å². The van der Waals surface area contributed by atoms with E-state index in [0.29, 0.717) is 25.1 Å². The van der Waals surface area contributed by atoms with Crippen LogP contribution >= 0.6 is 11.6 Å². The molecule has 1 heterocycles. The van der Waals surface area contributed by atoms with Crippen molar-refractivity contribution in [3.8, 4) is 0 Å². The molecule has 2 unspecified atom stereocenters. The number of alkyl halides is 1.